The third-order valence-electron chi connectivity index (χ3n) is 3.08. The summed E-state index contributed by atoms with van der Waals surface area (Å²) < 4.78 is 0. The van der Waals surface area contributed by atoms with E-state index in [9.17, 15) is 9.59 Å². The molecular formula is C14H18N2O3. The van der Waals surface area contributed by atoms with Crippen molar-refractivity contribution in [1.29, 1.82) is 0 Å². The zero-order valence-electron chi connectivity index (χ0n) is 10.8. The van der Waals surface area contributed by atoms with Gasteiger partial charge in [-0.1, -0.05) is 6.07 Å². The van der Waals surface area contributed by atoms with Crippen LogP contribution >= 0.6 is 0 Å². The van der Waals surface area contributed by atoms with E-state index < -0.39 is 0 Å². The third-order valence-corrected chi connectivity index (χ3v) is 3.08. The molecule has 1 aromatic rings. The summed E-state index contributed by atoms with van der Waals surface area (Å²) >= 11 is 0. The molecule has 0 saturated carbocycles. The van der Waals surface area contributed by atoms with E-state index in [0.717, 1.165) is 18.7 Å². The first-order valence-corrected chi connectivity index (χ1v) is 6.52. The number of aliphatic hydroxyl groups excluding tert-OH is 1. The quantitative estimate of drug-likeness (QED) is 0.845. The fraction of sp³-hybridized carbons (Fsp3) is 0.429. The molecule has 1 fully saturated rings. The van der Waals surface area contributed by atoms with E-state index in [-0.39, 0.29) is 18.4 Å². The molecule has 0 spiro atoms. The van der Waals surface area contributed by atoms with Crippen molar-refractivity contribution in [2.45, 2.75) is 25.7 Å². The van der Waals surface area contributed by atoms with Crippen molar-refractivity contribution in [2.24, 2.45) is 0 Å². The minimum Gasteiger partial charge on any atom is -0.396 e. The number of rotatable bonds is 5. The summed E-state index contributed by atoms with van der Waals surface area (Å²) in [5.41, 5.74) is 1.50. The minimum atomic E-state index is -0.126. The Morgan fingerprint density at radius 3 is 2.95 bits per heavy atom. The Labute approximate surface area is 112 Å². The van der Waals surface area contributed by atoms with Crippen LogP contribution in [0.3, 0.4) is 0 Å². The van der Waals surface area contributed by atoms with Crippen LogP contribution in [0.25, 0.3) is 0 Å². The number of aliphatic hydroxyl groups is 1. The molecule has 0 bridgehead atoms. The molecule has 1 aromatic carbocycles. The van der Waals surface area contributed by atoms with Gasteiger partial charge >= 0.3 is 0 Å². The lowest BCUT2D eigenvalue weighted by Crippen LogP contribution is -2.23. The molecule has 1 heterocycles. The van der Waals surface area contributed by atoms with E-state index >= 15 is 0 Å². The normalized spacial score (nSPS) is 14.8. The SMILES string of the molecule is O=C(CCCO)Nc1cccc(N2CCCC2=O)c1. The molecule has 2 N–H and O–H groups in total. The molecule has 2 amide bonds. The number of amides is 2. The Bertz CT molecular complexity index is 474. The van der Waals surface area contributed by atoms with Gasteiger partial charge in [0.15, 0.2) is 0 Å². The first kappa shape index (κ1) is 13.5. The maximum Gasteiger partial charge on any atom is 0.227 e. The van der Waals surface area contributed by atoms with Crippen LogP contribution in [0.1, 0.15) is 25.7 Å². The lowest BCUT2D eigenvalue weighted by molar-refractivity contribution is -0.117. The first-order chi connectivity index (χ1) is 9.20. The molecule has 1 aliphatic heterocycles. The van der Waals surface area contributed by atoms with Gasteiger partial charge in [0.25, 0.3) is 0 Å². The molecule has 19 heavy (non-hydrogen) atoms. The standard InChI is InChI=1S/C14H18N2O3/c17-9-3-6-13(18)15-11-4-1-5-12(10-11)16-8-2-7-14(16)19/h1,4-5,10,17H,2-3,6-9H2,(H,15,18). The van der Waals surface area contributed by atoms with Crippen molar-refractivity contribution in [3.05, 3.63) is 24.3 Å². The highest BCUT2D eigenvalue weighted by molar-refractivity contribution is 5.97. The predicted molar refractivity (Wildman–Crippen MR) is 73.0 cm³/mol. The van der Waals surface area contributed by atoms with E-state index in [1.807, 2.05) is 12.1 Å². The lowest BCUT2D eigenvalue weighted by Gasteiger charge is -2.16. The molecule has 5 heteroatoms. The van der Waals surface area contributed by atoms with Crippen LogP contribution < -0.4 is 10.2 Å². The van der Waals surface area contributed by atoms with Crippen molar-refractivity contribution in [3.63, 3.8) is 0 Å². The smallest absolute Gasteiger partial charge is 0.227 e. The summed E-state index contributed by atoms with van der Waals surface area (Å²) in [6.45, 7) is 0.747. The molecule has 102 valence electrons. The fourth-order valence-corrected chi connectivity index (χ4v) is 2.14. The molecule has 0 atom stereocenters. The van der Waals surface area contributed by atoms with E-state index in [0.29, 0.717) is 24.9 Å². The van der Waals surface area contributed by atoms with Gasteiger partial charge in [0, 0.05) is 37.4 Å². The molecule has 0 aromatic heterocycles. The van der Waals surface area contributed by atoms with Crippen LogP contribution in [0, 0.1) is 0 Å². The molecule has 0 aliphatic carbocycles. The number of anilines is 2. The molecule has 0 unspecified atom stereocenters. The van der Waals surface area contributed by atoms with Crippen LogP contribution in [-0.2, 0) is 9.59 Å². The molecular weight excluding hydrogens is 244 g/mol. The molecule has 0 radical (unpaired) electrons. The monoisotopic (exact) mass is 262 g/mol. The van der Waals surface area contributed by atoms with Crippen molar-refractivity contribution < 1.29 is 14.7 Å². The first-order valence-electron chi connectivity index (χ1n) is 6.52. The van der Waals surface area contributed by atoms with Gasteiger partial charge in [0.05, 0.1) is 0 Å². The van der Waals surface area contributed by atoms with Gasteiger partial charge in [-0.05, 0) is 31.0 Å². The maximum atomic E-state index is 11.7. The van der Waals surface area contributed by atoms with E-state index in [1.54, 1.807) is 17.0 Å². The zero-order chi connectivity index (χ0) is 13.7. The van der Waals surface area contributed by atoms with Crippen molar-refractivity contribution in [1.82, 2.24) is 0 Å². The Kier molecular flexibility index (Phi) is 4.52. The number of hydrogen-bond donors (Lipinski definition) is 2. The average molecular weight is 262 g/mol. The van der Waals surface area contributed by atoms with Gasteiger partial charge in [-0.15, -0.1) is 0 Å². The number of carbonyl (C=O) groups excluding carboxylic acids is 2. The van der Waals surface area contributed by atoms with E-state index in [4.69, 9.17) is 5.11 Å². The van der Waals surface area contributed by atoms with Gasteiger partial charge in [-0.3, -0.25) is 9.59 Å². The summed E-state index contributed by atoms with van der Waals surface area (Å²) in [5, 5.41) is 11.4. The number of carbonyl (C=O) groups is 2. The predicted octanol–water partition coefficient (Wildman–Crippen LogP) is 1.52. The summed E-state index contributed by atoms with van der Waals surface area (Å²) in [6.07, 6.45) is 2.22. The Balaban J connectivity index is 2.02. The van der Waals surface area contributed by atoms with E-state index in [2.05, 4.69) is 5.32 Å². The van der Waals surface area contributed by atoms with E-state index in [1.165, 1.54) is 0 Å². The van der Waals surface area contributed by atoms with Crippen molar-refractivity contribution in [2.75, 3.05) is 23.4 Å². The number of hydrogen-bond acceptors (Lipinski definition) is 3. The summed E-state index contributed by atoms with van der Waals surface area (Å²) in [4.78, 5) is 25.0. The molecule has 5 nitrogen and oxygen atoms in total. The minimum absolute atomic E-state index is 0.00966. The Morgan fingerprint density at radius 1 is 1.42 bits per heavy atom. The molecule has 2 rings (SSSR count). The maximum absolute atomic E-state index is 11.7. The third kappa shape index (κ3) is 3.54. The van der Waals surface area contributed by atoms with Crippen LogP contribution in [-0.4, -0.2) is 30.1 Å². The zero-order valence-corrected chi connectivity index (χ0v) is 10.8. The highest BCUT2D eigenvalue weighted by Gasteiger charge is 2.21. The highest BCUT2D eigenvalue weighted by atomic mass is 16.3. The highest BCUT2D eigenvalue weighted by Crippen LogP contribution is 2.24. The number of benzene rings is 1. The van der Waals surface area contributed by atoms with Crippen molar-refractivity contribution >= 4 is 23.2 Å². The fourth-order valence-electron chi connectivity index (χ4n) is 2.14. The Morgan fingerprint density at radius 2 is 2.26 bits per heavy atom. The van der Waals surface area contributed by atoms with Gasteiger partial charge < -0.3 is 15.3 Å². The topological polar surface area (TPSA) is 69.6 Å². The molecule has 1 aliphatic rings. The van der Waals surface area contributed by atoms with Gasteiger partial charge in [0.1, 0.15) is 0 Å². The van der Waals surface area contributed by atoms with Gasteiger partial charge in [-0.2, -0.15) is 0 Å². The van der Waals surface area contributed by atoms with Gasteiger partial charge in [-0.25, -0.2) is 0 Å². The van der Waals surface area contributed by atoms with Crippen LogP contribution in [0.5, 0.6) is 0 Å². The summed E-state index contributed by atoms with van der Waals surface area (Å²) in [5.74, 6) is 0.00251. The van der Waals surface area contributed by atoms with Crippen LogP contribution in [0.15, 0.2) is 24.3 Å². The van der Waals surface area contributed by atoms with Crippen LogP contribution in [0.2, 0.25) is 0 Å². The largest absolute Gasteiger partial charge is 0.396 e. The lowest BCUT2D eigenvalue weighted by atomic mass is 10.2. The second-order valence-corrected chi connectivity index (χ2v) is 4.57. The second kappa shape index (κ2) is 6.33. The second-order valence-electron chi connectivity index (χ2n) is 4.57. The van der Waals surface area contributed by atoms with Crippen molar-refractivity contribution in [3.8, 4) is 0 Å². The van der Waals surface area contributed by atoms with Crippen LogP contribution in [0.4, 0.5) is 11.4 Å². The number of nitrogens with one attached hydrogen (secondary N) is 1. The summed E-state index contributed by atoms with van der Waals surface area (Å²) in [7, 11) is 0. The average Bonchev–Trinajstić information content (AvgIpc) is 2.83. The summed E-state index contributed by atoms with van der Waals surface area (Å²) in [6, 6.07) is 7.29. The Hall–Kier alpha value is -1.88. The molecule has 1 saturated heterocycles. The number of nitrogens with zero attached hydrogens (tertiary/aromatic N) is 1. The van der Waals surface area contributed by atoms with Gasteiger partial charge in [0.2, 0.25) is 11.8 Å².